The predicted octanol–water partition coefficient (Wildman–Crippen LogP) is 3.73. The minimum absolute atomic E-state index is 0.286. The zero-order chi connectivity index (χ0) is 12.4. The van der Waals surface area contributed by atoms with Gasteiger partial charge in [-0.2, -0.15) is 0 Å². The SMILES string of the molecule is C=C(C)COCCCCOC(C)CC(=C)C. The highest BCUT2D eigenvalue weighted by Crippen LogP contribution is 2.06. The largest absolute Gasteiger partial charge is 0.378 e. The summed E-state index contributed by atoms with van der Waals surface area (Å²) in [5, 5.41) is 0. The van der Waals surface area contributed by atoms with Crippen molar-refractivity contribution in [1.82, 2.24) is 0 Å². The number of hydrogen-bond acceptors (Lipinski definition) is 2. The van der Waals surface area contributed by atoms with Crippen LogP contribution < -0.4 is 0 Å². The maximum Gasteiger partial charge on any atom is 0.0671 e. The van der Waals surface area contributed by atoms with Crippen LogP contribution >= 0.6 is 0 Å². The number of hydrogen-bond donors (Lipinski definition) is 0. The highest BCUT2D eigenvalue weighted by molar-refractivity contribution is 4.89. The van der Waals surface area contributed by atoms with Gasteiger partial charge in [0.1, 0.15) is 0 Å². The van der Waals surface area contributed by atoms with Crippen LogP contribution in [-0.4, -0.2) is 25.9 Å². The van der Waals surface area contributed by atoms with Crippen molar-refractivity contribution in [3.8, 4) is 0 Å². The zero-order valence-corrected chi connectivity index (χ0v) is 11.1. The molecule has 0 fully saturated rings. The van der Waals surface area contributed by atoms with Crippen molar-refractivity contribution < 1.29 is 9.47 Å². The highest BCUT2D eigenvalue weighted by atomic mass is 16.5. The summed E-state index contributed by atoms with van der Waals surface area (Å²) in [6.07, 6.45) is 3.34. The van der Waals surface area contributed by atoms with Gasteiger partial charge in [-0.25, -0.2) is 0 Å². The Balaban J connectivity index is 3.20. The molecule has 0 aromatic carbocycles. The molecule has 0 rings (SSSR count). The summed E-state index contributed by atoms with van der Waals surface area (Å²) in [5.74, 6) is 0. The van der Waals surface area contributed by atoms with E-state index in [0.717, 1.165) is 38.0 Å². The normalized spacial score (nSPS) is 12.4. The second kappa shape index (κ2) is 9.61. The Bertz CT molecular complexity index is 209. The van der Waals surface area contributed by atoms with Gasteiger partial charge in [0.05, 0.1) is 12.7 Å². The Morgan fingerprint density at radius 3 is 2.25 bits per heavy atom. The third-order valence-electron chi connectivity index (χ3n) is 2.07. The number of unbranched alkanes of at least 4 members (excludes halogenated alkanes) is 1. The van der Waals surface area contributed by atoms with Gasteiger partial charge in [-0.1, -0.05) is 17.7 Å². The standard InChI is InChI=1S/C14H26O2/c1-12(2)10-14(5)16-9-7-6-8-15-11-13(3)4/h14H,1,3,6-11H2,2,4-5H3. The van der Waals surface area contributed by atoms with Crippen molar-refractivity contribution in [3.63, 3.8) is 0 Å². The molecule has 94 valence electrons. The third kappa shape index (κ3) is 11.5. The topological polar surface area (TPSA) is 18.5 Å². The average molecular weight is 226 g/mol. The average Bonchev–Trinajstić information content (AvgIpc) is 2.14. The molecule has 16 heavy (non-hydrogen) atoms. The Hall–Kier alpha value is -0.600. The van der Waals surface area contributed by atoms with Crippen LogP contribution in [0.4, 0.5) is 0 Å². The summed E-state index contributed by atoms with van der Waals surface area (Å²) in [6.45, 7) is 16.0. The van der Waals surface area contributed by atoms with Crippen LogP contribution in [0.5, 0.6) is 0 Å². The summed E-state index contributed by atoms with van der Waals surface area (Å²) in [5.41, 5.74) is 2.25. The van der Waals surface area contributed by atoms with Crippen molar-refractivity contribution in [3.05, 3.63) is 24.3 Å². The molecule has 0 saturated heterocycles. The number of ether oxygens (including phenoxy) is 2. The molecule has 0 aliphatic rings. The molecule has 0 spiro atoms. The summed E-state index contributed by atoms with van der Waals surface area (Å²) in [6, 6.07) is 0. The summed E-state index contributed by atoms with van der Waals surface area (Å²) in [7, 11) is 0. The second-order valence-corrected chi connectivity index (χ2v) is 4.56. The molecule has 0 aliphatic heterocycles. The predicted molar refractivity (Wildman–Crippen MR) is 69.7 cm³/mol. The van der Waals surface area contributed by atoms with Gasteiger partial charge >= 0.3 is 0 Å². The fraction of sp³-hybridized carbons (Fsp3) is 0.714. The minimum atomic E-state index is 0.286. The molecule has 2 heteroatoms. The van der Waals surface area contributed by atoms with Crippen LogP contribution in [0.2, 0.25) is 0 Å². The Morgan fingerprint density at radius 1 is 1.06 bits per heavy atom. The third-order valence-corrected chi connectivity index (χ3v) is 2.07. The van der Waals surface area contributed by atoms with Crippen LogP contribution in [0.15, 0.2) is 24.3 Å². The van der Waals surface area contributed by atoms with Crippen molar-refractivity contribution in [2.75, 3.05) is 19.8 Å². The molecule has 0 aliphatic carbocycles. The Labute approximate surface area is 100 Å². The first kappa shape index (κ1) is 15.4. The van der Waals surface area contributed by atoms with Crippen molar-refractivity contribution in [1.29, 1.82) is 0 Å². The minimum Gasteiger partial charge on any atom is -0.378 e. The lowest BCUT2D eigenvalue weighted by Gasteiger charge is -2.12. The molecule has 0 bridgehead atoms. The molecule has 0 amide bonds. The van der Waals surface area contributed by atoms with E-state index in [4.69, 9.17) is 9.47 Å². The van der Waals surface area contributed by atoms with Crippen LogP contribution in [0.25, 0.3) is 0 Å². The van der Waals surface area contributed by atoms with Crippen molar-refractivity contribution in [2.45, 2.75) is 46.1 Å². The van der Waals surface area contributed by atoms with Crippen LogP contribution in [0, 0.1) is 0 Å². The maximum absolute atomic E-state index is 5.65. The maximum atomic E-state index is 5.65. The first-order chi connectivity index (χ1) is 7.52. The van der Waals surface area contributed by atoms with E-state index in [1.165, 1.54) is 5.57 Å². The van der Waals surface area contributed by atoms with E-state index in [1.54, 1.807) is 0 Å². The van der Waals surface area contributed by atoms with E-state index in [2.05, 4.69) is 20.1 Å². The van der Waals surface area contributed by atoms with E-state index in [-0.39, 0.29) is 6.10 Å². The first-order valence-corrected chi connectivity index (χ1v) is 6.00. The molecule has 1 unspecified atom stereocenters. The van der Waals surface area contributed by atoms with E-state index >= 15 is 0 Å². The highest BCUT2D eigenvalue weighted by Gasteiger charge is 2.01. The summed E-state index contributed by atoms with van der Waals surface area (Å²) >= 11 is 0. The smallest absolute Gasteiger partial charge is 0.0671 e. The van der Waals surface area contributed by atoms with E-state index in [1.807, 2.05) is 13.8 Å². The molecule has 2 nitrogen and oxygen atoms in total. The second-order valence-electron chi connectivity index (χ2n) is 4.56. The van der Waals surface area contributed by atoms with Gasteiger partial charge in [-0.3, -0.25) is 0 Å². The Morgan fingerprint density at radius 2 is 1.69 bits per heavy atom. The van der Waals surface area contributed by atoms with Crippen molar-refractivity contribution >= 4 is 0 Å². The molecule has 0 aromatic heterocycles. The molecular weight excluding hydrogens is 200 g/mol. The lowest BCUT2D eigenvalue weighted by molar-refractivity contribution is 0.0578. The van der Waals surface area contributed by atoms with Gasteiger partial charge in [0.25, 0.3) is 0 Å². The molecule has 0 saturated carbocycles. The van der Waals surface area contributed by atoms with Crippen LogP contribution in [0.1, 0.15) is 40.0 Å². The molecular formula is C14H26O2. The van der Waals surface area contributed by atoms with Gasteiger partial charge in [-0.05, 0) is 40.0 Å². The lowest BCUT2D eigenvalue weighted by Crippen LogP contribution is -2.10. The first-order valence-electron chi connectivity index (χ1n) is 6.00. The van der Waals surface area contributed by atoms with Gasteiger partial charge in [0, 0.05) is 13.2 Å². The van der Waals surface area contributed by atoms with Gasteiger partial charge in [-0.15, -0.1) is 6.58 Å². The molecule has 1 atom stereocenters. The van der Waals surface area contributed by atoms with E-state index < -0.39 is 0 Å². The zero-order valence-electron chi connectivity index (χ0n) is 11.1. The summed E-state index contributed by atoms with van der Waals surface area (Å²) < 4.78 is 11.0. The van der Waals surface area contributed by atoms with Crippen molar-refractivity contribution in [2.24, 2.45) is 0 Å². The van der Waals surface area contributed by atoms with Crippen LogP contribution in [0.3, 0.4) is 0 Å². The number of rotatable bonds is 10. The fourth-order valence-corrected chi connectivity index (χ4v) is 1.39. The lowest BCUT2D eigenvalue weighted by atomic mass is 10.2. The monoisotopic (exact) mass is 226 g/mol. The molecule has 0 N–H and O–H groups in total. The summed E-state index contributed by atoms with van der Waals surface area (Å²) in [4.78, 5) is 0. The quantitative estimate of drug-likeness (QED) is 0.417. The van der Waals surface area contributed by atoms with Gasteiger partial charge in [0.2, 0.25) is 0 Å². The molecule has 0 radical (unpaired) electrons. The van der Waals surface area contributed by atoms with E-state index in [9.17, 15) is 0 Å². The van der Waals surface area contributed by atoms with Gasteiger partial charge in [0.15, 0.2) is 0 Å². The fourth-order valence-electron chi connectivity index (χ4n) is 1.39. The van der Waals surface area contributed by atoms with Crippen LogP contribution in [-0.2, 0) is 9.47 Å². The Kier molecular flexibility index (Phi) is 9.25. The molecule has 0 heterocycles. The molecule has 0 aromatic rings. The van der Waals surface area contributed by atoms with E-state index in [0.29, 0.717) is 6.61 Å². The van der Waals surface area contributed by atoms with Gasteiger partial charge < -0.3 is 9.47 Å².